The summed E-state index contributed by atoms with van der Waals surface area (Å²) in [6.45, 7) is 4.97. The molecule has 1 heterocycles. The van der Waals surface area contributed by atoms with Crippen LogP contribution in [0.5, 0.6) is 0 Å². The Morgan fingerprint density at radius 1 is 1.33 bits per heavy atom. The molecule has 1 N–H and O–H groups in total. The lowest BCUT2D eigenvalue weighted by Crippen LogP contribution is -2.47. The van der Waals surface area contributed by atoms with Crippen molar-refractivity contribution in [2.24, 2.45) is 23.2 Å². The minimum Gasteiger partial charge on any atom is -0.316 e. The van der Waals surface area contributed by atoms with Crippen LogP contribution in [0.2, 0.25) is 0 Å². The molecular formula is C14H25N. The topological polar surface area (TPSA) is 12.0 Å². The smallest absolute Gasteiger partial charge is 0.00151 e. The molecule has 3 rings (SSSR count). The molecule has 1 spiro atoms. The van der Waals surface area contributed by atoms with E-state index in [4.69, 9.17) is 0 Å². The average molecular weight is 207 g/mol. The van der Waals surface area contributed by atoms with Crippen molar-refractivity contribution in [3.8, 4) is 0 Å². The number of piperidine rings is 1. The zero-order valence-corrected chi connectivity index (χ0v) is 10.1. The van der Waals surface area contributed by atoms with Crippen molar-refractivity contribution in [3.05, 3.63) is 0 Å². The van der Waals surface area contributed by atoms with Gasteiger partial charge >= 0.3 is 0 Å². The van der Waals surface area contributed by atoms with Gasteiger partial charge in [-0.3, -0.25) is 0 Å². The van der Waals surface area contributed by atoms with Crippen LogP contribution in [0.1, 0.15) is 51.9 Å². The summed E-state index contributed by atoms with van der Waals surface area (Å²) in [6.07, 6.45) is 10.6. The molecule has 2 bridgehead atoms. The summed E-state index contributed by atoms with van der Waals surface area (Å²) in [4.78, 5) is 0. The molecule has 4 atom stereocenters. The zero-order valence-electron chi connectivity index (χ0n) is 10.1. The first-order valence-corrected chi connectivity index (χ1v) is 7.06. The molecule has 0 aromatic carbocycles. The summed E-state index contributed by atoms with van der Waals surface area (Å²) in [5, 5.41) is 3.63. The van der Waals surface area contributed by atoms with Crippen LogP contribution in [0.4, 0.5) is 0 Å². The van der Waals surface area contributed by atoms with E-state index in [1.807, 2.05) is 0 Å². The monoisotopic (exact) mass is 207 g/mol. The van der Waals surface area contributed by atoms with Crippen molar-refractivity contribution in [3.63, 3.8) is 0 Å². The molecule has 0 amide bonds. The first-order valence-electron chi connectivity index (χ1n) is 7.06. The Bertz CT molecular complexity index is 235. The number of fused-ring (bicyclic) bond motifs is 3. The highest BCUT2D eigenvalue weighted by molar-refractivity contribution is 5.05. The van der Waals surface area contributed by atoms with Crippen molar-refractivity contribution < 1.29 is 0 Å². The molecule has 3 fully saturated rings. The van der Waals surface area contributed by atoms with Gasteiger partial charge in [0.1, 0.15) is 0 Å². The van der Waals surface area contributed by atoms with E-state index in [1.165, 1.54) is 32.4 Å². The molecular weight excluding hydrogens is 182 g/mol. The Balaban J connectivity index is 1.81. The summed E-state index contributed by atoms with van der Waals surface area (Å²) in [5.41, 5.74) is 0.796. The van der Waals surface area contributed by atoms with E-state index in [2.05, 4.69) is 12.2 Å². The van der Waals surface area contributed by atoms with Gasteiger partial charge < -0.3 is 5.32 Å². The second-order valence-electron chi connectivity index (χ2n) is 6.25. The van der Waals surface area contributed by atoms with Crippen LogP contribution in [0.15, 0.2) is 0 Å². The van der Waals surface area contributed by atoms with Crippen molar-refractivity contribution in [1.82, 2.24) is 5.32 Å². The molecule has 0 radical (unpaired) electrons. The standard InChI is InChI=1S/C14H25N/c1-2-3-13-10-15-7-6-14(13)9-11-4-5-12(14)8-11/h11-13,15H,2-10H2,1H3. The second-order valence-corrected chi connectivity index (χ2v) is 6.25. The van der Waals surface area contributed by atoms with Gasteiger partial charge in [0, 0.05) is 0 Å². The third-order valence-corrected chi connectivity index (χ3v) is 5.63. The summed E-state index contributed by atoms with van der Waals surface area (Å²) < 4.78 is 0. The molecule has 4 unspecified atom stereocenters. The van der Waals surface area contributed by atoms with Crippen LogP contribution < -0.4 is 5.32 Å². The maximum Gasteiger partial charge on any atom is -0.00151 e. The lowest BCUT2D eigenvalue weighted by Gasteiger charge is -2.48. The fourth-order valence-electron chi connectivity index (χ4n) is 5.04. The highest BCUT2D eigenvalue weighted by Gasteiger charge is 2.54. The third kappa shape index (κ3) is 1.46. The van der Waals surface area contributed by atoms with Crippen LogP contribution >= 0.6 is 0 Å². The Hall–Kier alpha value is -0.0400. The van der Waals surface area contributed by atoms with Gasteiger partial charge in [0.2, 0.25) is 0 Å². The SMILES string of the molecule is CCCC1CNCCC12CC1CCC2C1. The minimum absolute atomic E-state index is 0.796. The van der Waals surface area contributed by atoms with Gasteiger partial charge in [-0.1, -0.05) is 19.8 Å². The number of hydrogen-bond acceptors (Lipinski definition) is 1. The fraction of sp³-hybridized carbons (Fsp3) is 1.00. The number of hydrogen-bond donors (Lipinski definition) is 1. The zero-order chi connectivity index (χ0) is 10.3. The van der Waals surface area contributed by atoms with Gasteiger partial charge in [0.05, 0.1) is 0 Å². The lowest BCUT2D eigenvalue weighted by atomic mass is 9.60. The molecule has 1 nitrogen and oxygen atoms in total. The van der Waals surface area contributed by atoms with Gasteiger partial charge in [-0.2, -0.15) is 0 Å². The predicted octanol–water partition coefficient (Wildman–Crippen LogP) is 3.20. The number of rotatable bonds is 2. The Kier molecular flexibility index (Phi) is 2.54. The molecule has 1 heteroatoms. The molecule has 2 aliphatic carbocycles. The molecule has 2 saturated carbocycles. The van der Waals surface area contributed by atoms with E-state index in [-0.39, 0.29) is 0 Å². The second kappa shape index (κ2) is 3.76. The Morgan fingerprint density at radius 2 is 2.27 bits per heavy atom. The van der Waals surface area contributed by atoms with Crippen LogP contribution in [0, 0.1) is 23.2 Å². The molecule has 1 saturated heterocycles. The highest BCUT2D eigenvalue weighted by Crippen LogP contribution is 2.62. The minimum atomic E-state index is 0.796. The van der Waals surface area contributed by atoms with E-state index >= 15 is 0 Å². The maximum absolute atomic E-state index is 3.63. The van der Waals surface area contributed by atoms with E-state index in [1.54, 1.807) is 25.7 Å². The van der Waals surface area contributed by atoms with E-state index in [0.29, 0.717) is 0 Å². The lowest BCUT2D eigenvalue weighted by molar-refractivity contribution is 0.0344. The van der Waals surface area contributed by atoms with Crippen LogP contribution in [0.25, 0.3) is 0 Å². The normalized spacial score (nSPS) is 49.0. The van der Waals surface area contributed by atoms with Crippen molar-refractivity contribution in [1.29, 1.82) is 0 Å². The summed E-state index contributed by atoms with van der Waals surface area (Å²) >= 11 is 0. The van der Waals surface area contributed by atoms with Crippen molar-refractivity contribution in [2.45, 2.75) is 51.9 Å². The molecule has 3 aliphatic rings. The maximum atomic E-state index is 3.63. The Morgan fingerprint density at radius 3 is 2.93 bits per heavy atom. The third-order valence-electron chi connectivity index (χ3n) is 5.63. The van der Waals surface area contributed by atoms with E-state index in [0.717, 1.165) is 23.2 Å². The van der Waals surface area contributed by atoms with Crippen LogP contribution in [0.3, 0.4) is 0 Å². The number of nitrogens with one attached hydrogen (secondary N) is 1. The predicted molar refractivity (Wildman–Crippen MR) is 63.8 cm³/mol. The fourth-order valence-corrected chi connectivity index (χ4v) is 5.04. The molecule has 0 aromatic heterocycles. The largest absolute Gasteiger partial charge is 0.316 e. The summed E-state index contributed by atoms with van der Waals surface area (Å²) in [5.74, 6) is 3.24. The first-order chi connectivity index (χ1) is 7.35. The van der Waals surface area contributed by atoms with E-state index < -0.39 is 0 Å². The van der Waals surface area contributed by atoms with Gasteiger partial charge in [-0.25, -0.2) is 0 Å². The van der Waals surface area contributed by atoms with Gasteiger partial charge in [0.15, 0.2) is 0 Å². The summed E-state index contributed by atoms with van der Waals surface area (Å²) in [6, 6.07) is 0. The molecule has 0 aromatic rings. The average Bonchev–Trinajstić information content (AvgIpc) is 2.82. The van der Waals surface area contributed by atoms with Crippen LogP contribution in [-0.2, 0) is 0 Å². The van der Waals surface area contributed by atoms with E-state index in [9.17, 15) is 0 Å². The first kappa shape index (κ1) is 10.1. The molecule has 86 valence electrons. The van der Waals surface area contributed by atoms with Crippen molar-refractivity contribution >= 4 is 0 Å². The summed E-state index contributed by atoms with van der Waals surface area (Å²) in [7, 11) is 0. The highest BCUT2D eigenvalue weighted by atomic mass is 14.9. The van der Waals surface area contributed by atoms with Gasteiger partial charge in [-0.05, 0) is 68.4 Å². The Labute approximate surface area is 94.0 Å². The quantitative estimate of drug-likeness (QED) is 0.733. The van der Waals surface area contributed by atoms with Crippen LogP contribution in [-0.4, -0.2) is 13.1 Å². The molecule has 15 heavy (non-hydrogen) atoms. The molecule has 1 aliphatic heterocycles. The van der Waals surface area contributed by atoms with Gasteiger partial charge in [-0.15, -0.1) is 0 Å². The van der Waals surface area contributed by atoms with Gasteiger partial charge in [0.25, 0.3) is 0 Å². The van der Waals surface area contributed by atoms with Crippen molar-refractivity contribution in [2.75, 3.05) is 13.1 Å².